The first kappa shape index (κ1) is 18.2. The second-order valence-electron chi connectivity index (χ2n) is 6.80. The zero-order valence-electron chi connectivity index (χ0n) is 13.1. The molecule has 0 bridgehead atoms. The molecule has 0 heterocycles. The number of hydrogen-bond acceptors (Lipinski definition) is 5. The van der Waals surface area contributed by atoms with Crippen LogP contribution in [0.1, 0.15) is 52.7 Å². The third-order valence-corrected chi connectivity index (χ3v) is 4.22. The summed E-state index contributed by atoms with van der Waals surface area (Å²) in [6.07, 6.45) is 0. The number of benzene rings is 1. The summed E-state index contributed by atoms with van der Waals surface area (Å²) in [6, 6.07) is 5.56. The van der Waals surface area contributed by atoms with Gasteiger partial charge in [0.1, 0.15) is 5.75 Å². The maximum atomic E-state index is 11.5. The van der Waals surface area contributed by atoms with Gasteiger partial charge in [-0.2, -0.15) is 4.21 Å². The van der Waals surface area contributed by atoms with E-state index in [2.05, 4.69) is 24.7 Å². The summed E-state index contributed by atoms with van der Waals surface area (Å²) in [5.41, 5.74) is 1.67. The Bertz CT molecular complexity index is 557. The predicted octanol–water partition coefficient (Wildman–Crippen LogP) is 3.27. The molecule has 0 N–H and O–H groups in total. The highest BCUT2D eigenvalue weighted by Crippen LogP contribution is 2.36. The fraction of sp³-hybridized carbons (Fsp3) is 0.571. The molecule has 1 rings (SSSR count). The van der Waals surface area contributed by atoms with Crippen molar-refractivity contribution >= 4 is 19.6 Å². The molecule has 2 atom stereocenters. The van der Waals surface area contributed by atoms with Crippen molar-refractivity contribution in [3.63, 3.8) is 0 Å². The minimum atomic E-state index is -3.22. The van der Waals surface area contributed by atoms with Crippen molar-refractivity contribution in [1.29, 1.82) is 0 Å². The van der Waals surface area contributed by atoms with Gasteiger partial charge in [-0.05, 0) is 31.0 Å². The Morgan fingerprint density at radius 2 is 1.67 bits per heavy atom. The van der Waals surface area contributed by atoms with Crippen LogP contribution in [0.15, 0.2) is 18.2 Å². The van der Waals surface area contributed by atoms with E-state index < -0.39 is 19.6 Å². The SMILES string of the molecule is CC(C)(C)c1ccc(OS(=O)O[P+](=O)[O-])c(C(C)(C)C)c1. The predicted molar refractivity (Wildman–Crippen MR) is 81.3 cm³/mol. The molecule has 0 aromatic heterocycles. The van der Waals surface area contributed by atoms with Gasteiger partial charge in [0.25, 0.3) is 0 Å². The standard InChI is InChI=1S/C14H21O5PS/c1-13(2,3)10-7-8-12(11(9-10)14(4,5)6)18-21(17)19-20(15)16/h7-9H,1-6H3. The quantitative estimate of drug-likeness (QED) is 0.791. The van der Waals surface area contributed by atoms with Crippen LogP contribution in [0.25, 0.3) is 0 Å². The number of hydrogen-bond donors (Lipinski definition) is 0. The van der Waals surface area contributed by atoms with Crippen molar-refractivity contribution in [3.8, 4) is 5.75 Å². The van der Waals surface area contributed by atoms with E-state index in [0.717, 1.165) is 11.1 Å². The first-order valence-corrected chi connectivity index (χ1v) is 8.59. The Hall–Kier alpha value is -0.810. The molecule has 0 aliphatic heterocycles. The minimum absolute atomic E-state index is 0.0352. The van der Waals surface area contributed by atoms with Gasteiger partial charge in [0, 0.05) is 5.56 Å². The molecule has 118 valence electrons. The average molecular weight is 332 g/mol. The third-order valence-electron chi connectivity index (χ3n) is 2.93. The summed E-state index contributed by atoms with van der Waals surface area (Å²) in [5.74, 6) is 0.352. The van der Waals surface area contributed by atoms with Gasteiger partial charge in [-0.3, -0.25) is 0 Å². The Labute approximate surface area is 129 Å². The molecule has 1 aromatic rings. The molecule has 5 nitrogen and oxygen atoms in total. The smallest absolute Gasteiger partial charge is 0.506 e. The van der Waals surface area contributed by atoms with E-state index in [1.54, 1.807) is 6.07 Å². The van der Waals surface area contributed by atoms with Gasteiger partial charge in [-0.1, -0.05) is 53.7 Å². The molecule has 0 amide bonds. The Kier molecular flexibility index (Phi) is 5.67. The highest BCUT2D eigenvalue weighted by molar-refractivity contribution is 7.79. The van der Waals surface area contributed by atoms with E-state index in [1.807, 2.05) is 32.9 Å². The minimum Gasteiger partial charge on any atom is -0.566 e. The molecule has 0 spiro atoms. The van der Waals surface area contributed by atoms with E-state index in [-0.39, 0.29) is 10.8 Å². The Morgan fingerprint density at radius 1 is 1.10 bits per heavy atom. The van der Waals surface area contributed by atoms with Gasteiger partial charge < -0.3 is 9.08 Å². The average Bonchev–Trinajstić information content (AvgIpc) is 2.24. The summed E-state index contributed by atoms with van der Waals surface area (Å²) in [7, 11) is -3.22. The molecular weight excluding hydrogens is 311 g/mol. The molecule has 2 unspecified atom stereocenters. The van der Waals surface area contributed by atoms with Gasteiger partial charge in [-0.25, -0.2) is 0 Å². The van der Waals surface area contributed by atoms with Crippen molar-refractivity contribution < 1.29 is 21.8 Å². The molecular formula is C14H21O5PS. The molecule has 0 fully saturated rings. The molecule has 0 saturated carbocycles. The largest absolute Gasteiger partial charge is 0.566 e. The Balaban J connectivity index is 3.21. The summed E-state index contributed by atoms with van der Waals surface area (Å²) < 4.78 is 31.1. The van der Waals surface area contributed by atoms with Crippen molar-refractivity contribution in [2.24, 2.45) is 0 Å². The molecule has 21 heavy (non-hydrogen) atoms. The lowest BCUT2D eigenvalue weighted by atomic mass is 9.80. The maximum absolute atomic E-state index is 11.5. The van der Waals surface area contributed by atoms with Gasteiger partial charge in [0.15, 0.2) is 0 Å². The Morgan fingerprint density at radius 3 is 2.10 bits per heavy atom. The lowest BCUT2D eigenvalue weighted by Gasteiger charge is -2.26. The van der Waals surface area contributed by atoms with Crippen LogP contribution in [0.5, 0.6) is 5.75 Å². The van der Waals surface area contributed by atoms with Crippen molar-refractivity contribution in [2.75, 3.05) is 0 Å². The summed E-state index contributed by atoms with van der Waals surface area (Å²) in [6.45, 7) is 12.3. The molecule has 1 aromatic carbocycles. The normalized spacial score (nSPS) is 14.7. The zero-order valence-corrected chi connectivity index (χ0v) is 14.8. The van der Waals surface area contributed by atoms with E-state index in [0.29, 0.717) is 5.75 Å². The molecule has 7 heteroatoms. The maximum Gasteiger partial charge on any atom is 0.506 e. The highest BCUT2D eigenvalue weighted by Gasteiger charge is 2.25. The van der Waals surface area contributed by atoms with Gasteiger partial charge in [0.2, 0.25) is 0 Å². The highest BCUT2D eigenvalue weighted by atomic mass is 32.2. The molecule has 0 aliphatic rings. The van der Waals surface area contributed by atoms with Crippen LogP contribution in [0.3, 0.4) is 0 Å². The zero-order chi connectivity index (χ0) is 16.4. The summed E-state index contributed by atoms with van der Waals surface area (Å²) >= 11 is -2.37. The molecule has 0 radical (unpaired) electrons. The van der Waals surface area contributed by atoms with Crippen LogP contribution in [0.4, 0.5) is 0 Å². The lowest BCUT2D eigenvalue weighted by Crippen LogP contribution is -2.18. The summed E-state index contributed by atoms with van der Waals surface area (Å²) in [4.78, 5) is 10.4. The summed E-state index contributed by atoms with van der Waals surface area (Å²) in [5, 5.41) is 0. The fourth-order valence-electron chi connectivity index (χ4n) is 1.79. The second-order valence-corrected chi connectivity index (χ2v) is 8.41. The number of rotatable bonds is 4. The van der Waals surface area contributed by atoms with Gasteiger partial charge in [-0.15, -0.1) is 0 Å². The topological polar surface area (TPSA) is 75.7 Å². The van der Waals surface area contributed by atoms with Crippen molar-refractivity contribution in [2.45, 2.75) is 52.4 Å². The fourth-order valence-corrected chi connectivity index (χ4v) is 2.60. The van der Waals surface area contributed by atoms with Crippen LogP contribution in [0.2, 0.25) is 0 Å². The third kappa shape index (κ3) is 5.47. The molecule has 0 aliphatic carbocycles. The van der Waals surface area contributed by atoms with Gasteiger partial charge >= 0.3 is 19.6 Å². The van der Waals surface area contributed by atoms with Crippen LogP contribution < -0.4 is 9.08 Å². The van der Waals surface area contributed by atoms with E-state index in [4.69, 9.17) is 4.18 Å². The first-order chi connectivity index (χ1) is 9.41. The van der Waals surface area contributed by atoms with E-state index in [9.17, 15) is 13.7 Å². The van der Waals surface area contributed by atoms with Crippen molar-refractivity contribution in [3.05, 3.63) is 29.3 Å². The second kappa shape index (κ2) is 6.53. The first-order valence-electron chi connectivity index (χ1n) is 6.49. The van der Waals surface area contributed by atoms with Crippen molar-refractivity contribution in [1.82, 2.24) is 0 Å². The van der Waals surface area contributed by atoms with Crippen LogP contribution in [0, 0.1) is 0 Å². The molecule has 0 saturated heterocycles. The lowest BCUT2D eigenvalue weighted by molar-refractivity contribution is -0.178. The van der Waals surface area contributed by atoms with Crippen LogP contribution in [-0.2, 0) is 30.7 Å². The monoisotopic (exact) mass is 332 g/mol. The van der Waals surface area contributed by atoms with Crippen LogP contribution in [-0.4, -0.2) is 4.21 Å². The van der Waals surface area contributed by atoms with Crippen LogP contribution >= 0.6 is 8.25 Å². The van der Waals surface area contributed by atoms with E-state index >= 15 is 0 Å². The van der Waals surface area contributed by atoms with Gasteiger partial charge in [0.05, 0.1) is 0 Å². The van der Waals surface area contributed by atoms with E-state index in [1.165, 1.54) is 0 Å².